The Bertz CT molecular complexity index is 532. The lowest BCUT2D eigenvalue weighted by Crippen LogP contribution is -2.45. The van der Waals surface area contributed by atoms with Crippen LogP contribution in [-0.4, -0.2) is 52.8 Å². The van der Waals surface area contributed by atoms with Crippen molar-refractivity contribution < 1.29 is 9.59 Å². The Hall–Kier alpha value is -1.91. The lowest BCUT2D eigenvalue weighted by Gasteiger charge is -2.34. The van der Waals surface area contributed by atoms with Gasteiger partial charge in [-0.3, -0.25) is 14.6 Å². The topological polar surface area (TPSA) is 53.5 Å². The summed E-state index contributed by atoms with van der Waals surface area (Å²) in [5, 5.41) is 0. The fraction of sp³-hybridized carbons (Fsp3) is 0.588. The van der Waals surface area contributed by atoms with Crippen molar-refractivity contribution in [3.8, 4) is 0 Å². The number of pyridine rings is 1. The molecule has 0 radical (unpaired) electrons. The first kappa shape index (κ1) is 15.0. The standard InChI is InChI=1S/C17H23N3O2/c21-16-6-3-9-20(16)13-17(22)19-8-2-5-15(12-19)10-14-4-1-7-18-11-14/h1,4,7,11,15H,2-3,5-6,8-10,12-13H2. The maximum absolute atomic E-state index is 12.4. The van der Waals surface area contributed by atoms with Crippen LogP contribution in [0.3, 0.4) is 0 Å². The Morgan fingerprint density at radius 2 is 2.23 bits per heavy atom. The number of carbonyl (C=O) groups is 2. The molecule has 2 aliphatic heterocycles. The van der Waals surface area contributed by atoms with Gasteiger partial charge in [-0.15, -0.1) is 0 Å². The quantitative estimate of drug-likeness (QED) is 0.846. The number of nitrogens with zero attached hydrogens (tertiary/aromatic N) is 3. The molecule has 0 aromatic carbocycles. The van der Waals surface area contributed by atoms with E-state index in [2.05, 4.69) is 11.1 Å². The van der Waals surface area contributed by atoms with Crippen molar-refractivity contribution in [1.29, 1.82) is 0 Å². The van der Waals surface area contributed by atoms with Gasteiger partial charge in [0.1, 0.15) is 0 Å². The van der Waals surface area contributed by atoms with Gasteiger partial charge >= 0.3 is 0 Å². The summed E-state index contributed by atoms with van der Waals surface area (Å²) < 4.78 is 0. The number of carbonyl (C=O) groups excluding carboxylic acids is 2. The van der Waals surface area contributed by atoms with E-state index in [1.54, 1.807) is 11.1 Å². The number of hydrogen-bond donors (Lipinski definition) is 0. The Balaban J connectivity index is 1.53. The third-order valence-corrected chi connectivity index (χ3v) is 4.62. The maximum atomic E-state index is 12.4. The Morgan fingerprint density at radius 1 is 1.32 bits per heavy atom. The van der Waals surface area contributed by atoms with Crippen molar-refractivity contribution in [1.82, 2.24) is 14.8 Å². The summed E-state index contributed by atoms with van der Waals surface area (Å²) in [5.74, 6) is 0.722. The summed E-state index contributed by atoms with van der Waals surface area (Å²) in [5.41, 5.74) is 1.23. The molecule has 0 aliphatic carbocycles. The van der Waals surface area contributed by atoms with Crippen molar-refractivity contribution in [2.24, 2.45) is 5.92 Å². The van der Waals surface area contributed by atoms with E-state index in [0.717, 1.165) is 45.3 Å². The van der Waals surface area contributed by atoms with Crippen LogP contribution in [-0.2, 0) is 16.0 Å². The van der Waals surface area contributed by atoms with E-state index >= 15 is 0 Å². The van der Waals surface area contributed by atoms with E-state index in [1.165, 1.54) is 5.56 Å². The first-order valence-corrected chi connectivity index (χ1v) is 8.17. The summed E-state index contributed by atoms with van der Waals surface area (Å²) in [6.45, 7) is 2.62. The SMILES string of the molecule is O=C1CCCN1CC(=O)N1CCCC(Cc2cccnc2)C1. The van der Waals surface area contributed by atoms with E-state index in [9.17, 15) is 9.59 Å². The van der Waals surface area contributed by atoms with Gasteiger partial charge < -0.3 is 9.80 Å². The summed E-state index contributed by atoms with van der Waals surface area (Å²) in [7, 11) is 0. The number of amides is 2. The molecule has 0 bridgehead atoms. The number of piperidine rings is 1. The zero-order chi connectivity index (χ0) is 15.4. The zero-order valence-electron chi connectivity index (χ0n) is 12.9. The molecule has 1 aromatic rings. The molecule has 2 aliphatic rings. The van der Waals surface area contributed by atoms with Crippen LogP contribution in [0, 0.1) is 5.92 Å². The van der Waals surface area contributed by atoms with Crippen LogP contribution in [0.1, 0.15) is 31.2 Å². The summed E-state index contributed by atoms with van der Waals surface area (Å²) in [6, 6.07) is 4.05. The smallest absolute Gasteiger partial charge is 0.242 e. The maximum Gasteiger partial charge on any atom is 0.242 e. The van der Waals surface area contributed by atoms with Crippen molar-refractivity contribution >= 4 is 11.8 Å². The van der Waals surface area contributed by atoms with Gasteiger partial charge in [0.2, 0.25) is 11.8 Å². The van der Waals surface area contributed by atoms with Gasteiger partial charge in [0.15, 0.2) is 0 Å². The Kier molecular flexibility index (Phi) is 4.71. The lowest BCUT2D eigenvalue weighted by atomic mass is 9.92. The van der Waals surface area contributed by atoms with Gasteiger partial charge in [0.25, 0.3) is 0 Å². The lowest BCUT2D eigenvalue weighted by molar-refractivity contribution is -0.139. The normalized spacial score (nSPS) is 22.2. The van der Waals surface area contributed by atoms with Crippen LogP contribution >= 0.6 is 0 Å². The molecule has 3 rings (SSSR count). The van der Waals surface area contributed by atoms with E-state index in [4.69, 9.17) is 0 Å². The van der Waals surface area contributed by atoms with Gasteiger partial charge in [-0.1, -0.05) is 6.07 Å². The first-order valence-electron chi connectivity index (χ1n) is 8.17. The molecule has 2 saturated heterocycles. The number of aromatic nitrogens is 1. The van der Waals surface area contributed by atoms with Crippen molar-refractivity contribution in [3.05, 3.63) is 30.1 Å². The highest BCUT2D eigenvalue weighted by Gasteiger charge is 2.28. The molecule has 22 heavy (non-hydrogen) atoms. The van der Waals surface area contributed by atoms with Crippen LogP contribution in [0.4, 0.5) is 0 Å². The van der Waals surface area contributed by atoms with Crippen molar-refractivity contribution in [2.75, 3.05) is 26.2 Å². The zero-order valence-corrected chi connectivity index (χ0v) is 12.9. The second kappa shape index (κ2) is 6.90. The van der Waals surface area contributed by atoms with E-state index in [1.807, 2.05) is 17.2 Å². The molecule has 3 heterocycles. The molecule has 5 nitrogen and oxygen atoms in total. The molecule has 2 amide bonds. The van der Waals surface area contributed by atoms with Gasteiger partial charge in [-0.2, -0.15) is 0 Å². The minimum absolute atomic E-state index is 0.103. The molecular weight excluding hydrogens is 278 g/mol. The highest BCUT2D eigenvalue weighted by molar-refractivity contribution is 5.85. The predicted octanol–water partition coefficient (Wildman–Crippen LogP) is 1.49. The average Bonchev–Trinajstić information content (AvgIpc) is 2.94. The van der Waals surface area contributed by atoms with E-state index < -0.39 is 0 Å². The third-order valence-electron chi connectivity index (χ3n) is 4.62. The van der Waals surface area contributed by atoms with E-state index in [0.29, 0.717) is 12.3 Å². The molecule has 1 aromatic heterocycles. The van der Waals surface area contributed by atoms with Gasteiger partial charge in [-0.25, -0.2) is 0 Å². The molecule has 1 atom stereocenters. The van der Waals surface area contributed by atoms with Gasteiger partial charge in [-0.05, 0) is 43.2 Å². The van der Waals surface area contributed by atoms with E-state index in [-0.39, 0.29) is 18.4 Å². The summed E-state index contributed by atoms with van der Waals surface area (Å²) >= 11 is 0. The highest BCUT2D eigenvalue weighted by atomic mass is 16.2. The van der Waals surface area contributed by atoms with Crippen LogP contribution in [0.25, 0.3) is 0 Å². The second-order valence-electron chi connectivity index (χ2n) is 6.33. The summed E-state index contributed by atoms with van der Waals surface area (Å²) in [6.07, 6.45) is 8.34. The van der Waals surface area contributed by atoms with Gasteiger partial charge in [0, 0.05) is 38.4 Å². The molecule has 118 valence electrons. The van der Waals surface area contributed by atoms with Crippen LogP contribution in [0.5, 0.6) is 0 Å². The van der Waals surface area contributed by atoms with Crippen molar-refractivity contribution in [2.45, 2.75) is 32.1 Å². The Labute approximate surface area is 131 Å². The van der Waals surface area contributed by atoms with Crippen LogP contribution in [0.2, 0.25) is 0 Å². The number of rotatable bonds is 4. The molecule has 0 N–H and O–H groups in total. The van der Waals surface area contributed by atoms with Crippen LogP contribution < -0.4 is 0 Å². The predicted molar refractivity (Wildman–Crippen MR) is 83.1 cm³/mol. The fourth-order valence-electron chi connectivity index (χ4n) is 3.44. The summed E-state index contributed by atoms with van der Waals surface area (Å²) in [4.78, 5) is 31.9. The molecular formula is C17H23N3O2. The first-order chi connectivity index (χ1) is 10.7. The highest BCUT2D eigenvalue weighted by Crippen LogP contribution is 2.21. The van der Waals surface area contributed by atoms with Gasteiger partial charge in [0.05, 0.1) is 6.54 Å². The minimum Gasteiger partial charge on any atom is -0.341 e. The Morgan fingerprint density at radius 3 is 2.95 bits per heavy atom. The number of hydrogen-bond acceptors (Lipinski definition) is 3. The molecule has 0 saturated carbocycles. The minimum atomic E-state index is 0.103. The van der Waals surface area contributed by atoms with Crippen molar-refractivity contribution in [3.63, 3.8) is 0 Å². The fourth-order valence-corrected chi connectivity index (χ4v) is 3.44. The molecule has 2 fully saturated rings. The van der Waals surface area contributed by atoms with Crippen LogP contribution in [0.15, 0.2) is 24.5 Å². The largest absolute Gasteiger partial charge is 0.341 e. The number of likely N-dealkylation sites (tertiary alicyclic amines) is 2. The third kappa shape index (κ3) is 3.64. The second-order valence-corrected chi connectivity index (χ2v) is 6.33. The monoisotopic (exact) mass is 301 g/mol. The molecule has 5 heteroatoms. The molecule has 0 spiro atoms. The molecule has 1 unspecified atom stereocenters. The average molecular weight is 301 g/mol.